The first-order valence-corrected chi connectivity index (χ1v) is 8.21. The Morgan fingerprint density at radius 2 is 1.80 bits per heavy atom. The van der Waals surface area contributed by atoms with E-state index in [0.29, 0.717) is 30.2 Å². The number of nitriles is 1. The molecule has 1 aromatic carbocycles. The molecule has 5 heteroatoms. The Kier molecular flexibility index (Phi) is 4.80. The van der Waals surface area contributed by atoms with Gasteiger partial charge in [0.1, 0.15) is 23.2 Å². The van der Waals surface area contributed by atoms with Crippen molar-refractivity contribution in [1.82, 2.24) is 4.90 Å². The molecule has 1 saturated heterocycles. The quantitative estimate of drug-likeness (QED) is 0.486. The Hall–Kier alpha value is -3.13. The van der Waals surface area contributed by atoms with Crippen LogP contribution in [0, 0.1) is 11.3 Å². The van der Waals surface area contributed by atoms with Gasteiger partial charge in [0.25, 0.3) is 5.91 Å². The van der Waals surface area contributed by atoms with Crippen LogP contribution in [0.1, 0.15) is 35.9 Å². The minimum Gasteiger partial charge on any atom is -0.457 e. The molecule has 5 nitrogen and oxygen atoms in total. The van der Waals surface area contributed by atoms with Gasteiger partial charge in [0.15, 0.2) is 5.78 Å². The van der Waals surface area contributed by atoms with Crippen molar-refractivity contribution in [3.8, 4) is 17.4 Å². The first kappa shape index (κ1) is 16.7. The number of amides is 1. The highest BCUT2D eigenvalue weighted by molar-refractivity contribution is 6.01. The van der Waals surface area contributed by atoms with Crippen molar-refractivity contribution in [2.24, 2.45) is 0 Å². The summed E-state index contributed by atoms with van der Waals surface area (Å²) in [7, 11) is 0. The highest BCUT2D eigenvalue weighted by Gasteiger charge is 2.21. The molecule has 126 valence electrons. The zero-order valence-electron chi connectivity index (χ0n) is 14.0. The van der Waals surface area contributed by atoms with Crippen molar-refractivity contribution in [1.29, 1.82) is 5.26 Å². The molecule has 0 atom stereocenters. The van der Waals surface area contributed by atoms with E-state index >= 15 is 0 Å². The number of hydrogen-bond acceptors (Lipinski definition) is 4. The predicted octanol–water partition coefficient (Wildman–Crippen LogP) is 3.68. The average Bonchev–Trinajstić information content (AvgIpc) is 3.31. The monoisotopic (exact) mass is 334 g/mol. The Balaban J connectivity index is 1.81. The van der Waals surface area contributed by atoms with E-state index in [1.165, 1.54) is 13.0 Å². The summed E-state index contributed by atoms with van der Waals surface area (Å²) >= 11 is 0. The van der Waals surface area contributed by atoms with E-state index in [1.807, 2.05) is 18.2 Å². The van der Waals surface area contributed by atoms with Crippen LogP contribution in [0.25, 0.3) is 17.4 Å². The molecule has 0 radical (unpaired) electrons. The summed E-state index contributed by atoms with van der Waals surface area (Å²) in [6.45, 7) is 2.92. The van der Waals surface area contributed by atoms with Crippen LogP contribution in [-0.4, -0.2) is 29.7 Å². The van der Waals surface area contributed by atoms with Crippen LogP contribution < -0.4 is 0 Å². The standard InChI is InChI=1S/C20H18N2O3/c1-14(23)15-4-6-16(7-5-15)19-9-8-18(25-19)12-17(13-21)20(24)22-10-2-3-11-22/h4-9,12H,2-3,10-11H2,1H3/b17-12+. The number of furan rings is 1. The first-order valence-electron chi connectivity index (χ1n) is 8.21. The lowest BCUT2D eigenvalue weighted by Gasteiger charge is -2.13. The van der Waals surface area contributed by atoms with E-state index in [9.17, 15) is 14.9 Å². The van der Waals surface area contributed by atoms with Crippen molar-refractivity contribution < 1.29 is 14.0 Å². The molecule has 0 bridgehead atoms. The third-order valence-electron chi connectivity index (χ3n) is 4.23. The van der Waals surface area contributed by atoms with Gasteiger partial charge in [0.05, 0.1) is 0 Å². The Morgan fingerprint density at radius 3 is 2.40 bits per heavy atom. The van der Waals surface area contributed by atoms with Gasteiger partial charge in [-0.25, -0.2) is 0 Å². The molecule has 2 heterocycles. The summed E-state index contributed by atoms with van der Waals surface area (Å²) in [6.07, 6.45) is 3.44. The van der Waals surface area contributed by atoms with Crippen molar-refractivity contribution in [3.63, 3.8) is 0 Å². The summed E-state index contributed by atoms with van der Waals surface area (Å²) in [5.41, 5.74) is 1.54. The second kappa shape index (κ2) is 7.18. The van der Waals surface area contributed by atoms with Gasteiger partial charge in [-0.3, -0.25) is 9.59 Å². The van der Waals surface area contributed by atoms with Crippen molar-refractivity contribution in [3.05, 3.63) is 53.3 Å². The maximum absolute atomic E-state index is 12.3. The molecule has 0 N–H and O–H groups in total. The lowest BCUT2D eigenvalue weighted by Crippen LogP contribution is -2.28. The largest absolute Gasteiger partial charge is 0.457 e. The molecule has 1 fully saturated rings. The Bertz CT molecular complexity index is 863. The fourth-order valence-electron chi connectivity index (χ4n) is 2.83. The molecule has 0 saturated carbocycles. The highest BCUT2D eigenvalue weighted by Crippen LogP contribution is 2.24. The van der Waals surface area contributed by atoms with Gasteiger partial charge in [0.2, 0.25) is 0 Å². The number of likely N-dealkylation sites (tertiary alicyclic amines) is 1. The van der Waals surface area contributed by atoms with Crippen LogP contribution in [0.5, 0.6) is 0 Å². The van der Waals surface area contributed by atoms with Gasteiger partial charge >= 0.3 is 0 Å². The molecular formula is C20H18N2O3. The number of nitrogens with zero attached hydrogens (tertiary/aromatic N) is 2. The fourth-order valence-corrected chi connectivity index (χ4v) is 2.83. The number of benzene rings is 1. The van der Waals surface area contributed by atoms with Gasteiger partial charge in [-0.2, -0.15) is 5.26 Å². The highest BCUT2D eigenvalue weighted by atomic mass is 16.3. The SMILES string of the molecule is CC(=O)c1ccc(-c2ccc(/C=C(\C#N)C(=O)N3CCCC3)o2)cc1. The van der Waals surface area contributed by atoms with E-state index in [-0.39, 0.29) is 17.3 Å². The summed E-state index contributed by atoms with van der Waals surface area (Å²) in [4.78, 5) is 25.3. The molecule has 1 amide bonds. The van der Waals surface area contributed by atoms with Crippen LogP contribution in [0.2, 0.25) is 0 Å². The number of carbonyl (C=O) groups excluding carboxylic acids is 2. The minimum absolute atomic E-state index is 0.00806. The molecule has 0 unspecified atom stereocenters. The maximum Gasteiger partial charge on any atom is 0.264 e. The molecule has 3 rings (SSSR count). The lowest BCUT2D eigenvalue weighted by molar-refractivity contribution is -0.125. The average molecular weight is 334 g/mol. The molecule has 1 aliphatic rings. The molecule has 25 heavy (non-hydrogen) atoms. The minimum atomic E-state index is -0.247. The van der Waals surface area contributed by atoms with Gasteiger partial charge in [-0.15, -0.1) is 0 Å². The topological polar surface area (TPSA) is 74.3 Å². The molecular weight excluding hydrogens is 316 g/mol. The van der Waals surface area contributed by atoms with Crippen LogP contribution in [0.3, 0.4) is 0 Å². The first-order chi connectivity index (χ1) is 12.1. The second-order valence-corrected chi connectivity index (χ2v) is 6.00. The molecule has 1 aliphatic heterocycles. The number of carbonyl (C=O) groups is 2. The van der Waals surface area contributed by atoms with Crippen molar-refractivity contribution in [2.45, 2.75) is 19.8 Å². The third-order valence-corrected chi connectivity index (χ3v) is 4.23. The summed E-state index contributed by atoms with van der Waals surface area (Å²) in [5.74, 6) is 0.833. The zero-order chi connectivity index (χ0) is 17.8. The van der Waals surface area contributed by atoms with Crippen molar-refractivity contribution >= 4 is 17.8 Å². The van der Waals surface area contributed by atoms with Gasteiger partial charge in [0, 0.05) is 30.3 Å². The number of rotatable bonds is 4. The normalized spacial score (nSPS) is 14.4. The third kappa shape index (κ3) is 3.69. The number of hydrogen-bond donors (Lipinski definition) is 0. The van der Waals surface area contributed by atoms with Crippen LogP contribution >= 0.6 is 0 Å². The number of ketones is 1. The Morgan fingerprint density at radius 1 is 1.12 bits per heavy atom. The van der Waals surface area contributed by atoms with Crippen LogP contribution in [0.15, 0.2) is 46.4 Å². The summed E-state index contributed by atoms with van der Waals surface area (Å²) in [5, 5.41) is 9.29. The predicted molar refractivity (Wildman–Crippen MR) is 93.6 cm³/mol. The van der Waals surface area contributed by atoms with E-state index in [1.54, 1.807) is 29.2 Å². The smallest absolute Gasteiger partial charge is 0.264 e. The van der Waals surface area contributed by atoms with Gasteiger partial charge in [-0.1, -0.05) is 24.3 Å². The van der Waals surface area contributed by atoms with Crippen LogP contribution in [-0.2, 0) is 4.79 Å². The molecule has 2 aromatic rings. The number of Topliss-reactive ketones (excluding diaryl/α,β-unsaturated/α-hetero) is 1. The second-order valence-electron chi connectivity index (χ2n) is 6.00. The van der Waals surface area contributed by atoms with E-state index in [0.717, 1.165) is 18.4 Å². The lowest BCUT2D eigenvalue weighted by atomic mass is 10.1. The van der Waals surface area contributed by atoms with Crippen molar-refractivity contribution in [2.75, 3.05) is 13.1 Å². The Labute approximate surface area is 146 Å². The van der Waals surface area contributed by atoms with E-state index in [2.05, 4.69) is 0 Å². The van der Waals surface area contributed by atoms with Gasteiger partial charge < -0.3 is 9.32 Å². The maximum atomic E-state index is 12.3. The van der Waals surface area contributed by atoms with Crippen LogP contribution in [0.4, 0.5) is 0 Å². The summed E-state index contributed by atoms with van der Waals surface area (Å²) in [6, 6.07) is 12.6. The van der Waals surface area contributed by atoms with Gasteiger partial charge in [-0.05, 0) is 31.9 Å². The van der Waals surface area contributed by atoms with E-state index < -0.39 is 0 Å². The molecule has 0 aliphatic carbocycles. The molecule has 1 aromatic heterocycles. The summed E-state index contributed by atoms with van der Waals surface area (Å²) < 4.78 is 5.73. The molecule has 0 spiro atoms. The fraction of sp³-hybridized carbons (Fsp3) is 0.250. The zero-order valence-corrected chi connectivity index (χ0v) is 14.0. The van der Waals surface area contributed by atoms with E-state index in [4.69, 9.17) is 4.42 Å².